The summed E-state index contributed by atoms with van der Waals surface area (Å²) in [5.74, 6) is -0.653. The third kappa shape index (κ3) is 6.31. The number of nitrogens with one attached hydrogen (secondary N) is 1. The van der Waals surface area contributed by atoms with Gasteiger partial charge in [-0.25, -0.2) is 4.79 Å². The largest absolute Gasteiger partial charge is 0.462 e. The molecule has 0 aromatic heterocycles. The SMILES string of the molecule is CCNC(O)(CCCCCOC(=O)c1ccccc1)C(=O)c1ccccc1. The minimum atomic E-state index is -1.57. The van der Waals surface area contributed by atoms with E-state index in [1.807, 2.05) is 19.1 Å². The van der Waals surface area contributed by atoms with Crippen molar-refractivity contribution in [2.75, 3.05) is 13.2 Å². The monoisotopic (exact) mass is 369 g/mol. The van der Waals surface area contributed by atoms with E-state index in [-0.39, 0.29) is 11.8 Å². The van der Waals surface area contributed by atoms with Crippen LogP contribution in [0.3, 0.4) is 0 Å². The van der Waals surface area contributed by atoms with E-state index in [4.69, 9.17) is 4.74 Å². The van der Waals surface area contributed by atoms with E-state index in [9.17, 15) is 14.7 Å². The van der Waals surface area contributed by atoms with Crippen LogP contribution in [0.25, 0.3) is 0 Å². The lowest BCUT2D eigenvalue weighted by atomic mass is 9.95. The van der Waals surface area contributed by atoms with Crippen molar-refractivity contribution in [1.82, 2.24) is 5.32 Å². The number of hydrogen-bond donors (Lipinski definition) is 2. The zero-order valence-electron chi connectivity index (χ0n) is 15.7. The number of likely N-dealkylation sites (N-methyl/N-ethyl adjacent to an activating group) is 1. The van der Waals surface area contributed by atoms with Crippen LogP contribution in [-0.2, 0) is 4.74 Å². The summed E-state index contributed by atoms with van der Waals surface area (Å²) in [6, 6.07) is 17.7. The number of rotatable bonds is 11. The first-order valence-electron chi connectivity index (χ1n) is 9.36. The van der Waals surface area contributed by atoms with Crippen molar-refractivity contribution in [3.8, 4) is 0 Å². The summed E-state index contributed by atoms with van der Waals surface area (Å²) < 4.78 is 5.24. The van der Waals surface area contributed by atoms with Gasteiger partial charge >= 0.3 is 5.97 Å². The molecular formula is C22H27NO4. The van der Waals surface area contributed by atoms with Gasteiger partial charge in [-0.1, -0.05) is 55.5 Å². The summed E-state index contributed by atoms with van der Waals surface area (Å²) in [6.07, 6.45) is 2.38. The standard InChI is InChI=1S/C22H27NO4/c1-2-23-22(26,20(24)18-12-6-3-7-13-18)16-10-5-11-17-27-21(25)19-14-8-4-9-15-19/h3-4,6-9,12-15,23,26H,2,5,10-11,16-17H2,1H3. The fraction of sp³-hybridized carbons (Fsp3) is 0.364. The predicted octanol–water partition coefficient (Wildman–Crippen LogP) is 3.58. The molecule has 0 saturated heterocycles. The van der Waals surface area contributed by atoms with E-state index in [1.54, 1.807) is 48.5 Å². The summed E-state index contributed by atoms with van der Waals surface area (Å²) in [5.41, 5.74) is -0.554. The normalized spacial score (nSPS) is 13.0. The van der Waals surface area contributed by atoms with Gasteiger partial charge in [0.1, 0.15) is 0 Å². The molecule has 1 atom stereocenters. The van der Waals surface area contributed by atoms with E-state index >= 15 is 0 Å². The van der Waals surface area contributed by atoms with Gasteiger partial charge in [-0.15, -0.1) is 0 Å². The Bertz CT molecular complexity index is 718. The van der Waals surface area contributed by atoms with Gasteiger partial charge in [0.25, 0.3) is 0 Å². The maximum absolute atomic E-state index is 12.6. The zero-order valence-corrected chi connectivity index (χ0v) is 15.7. The molecule has 0 aliphatic rings. The van der Waals surface area contributed by atoms with Gasteiger partial charge in [-0.3, -0.25) is 10.1 Å². The second-order valence-electron chi connectivity index (χ2n) is 6.40. The Hall–Kier alpha value is -2.50. The summed E-state index contributed by atoms with van der Waals surface area (Å²) >= 11 is 0. The molecule has 144 valence electrons. The molecule has 2 N–H and O–H groups in total. The van der Waals surface area contributed by atoms with Gasteiger partial charge in [-0.2, -0.15) is 0 Å². The molecule has 1 unspecified atom stereocenters. The first-order chi connectivity index (χ1) is 13.1. The molecule has 27 heavy (non-hydrogen) atoms. The number of carbonyl (C=O) groups is 2. The van der Waals surface area contributed by atoms with E-state index in [1.165, 1.54) is 0 Å². The maximum Gasteiger partial charge on any atom is 0.338 e. The fourth-order valence-electron chi connectivity index (χ4n) is 2.89. The molecule has 5 heteroatoms. The van der Waals surface area contributed by atoms with Crippen molar-refractivity contribution in [2.45, 2.75) is 38.3 Å². The van der Waals surface area contributed by atoms with Crippen LogP contribution in [0.5, 0.6) is 0 Å². The molecule has 0 saturated carbocycles. The summed E-state index contributed by atoms with van der Waals surface area (Å²) in [6.45, 7) is 2.66. The fourth-order valence-corrected chi connectivity index (χ4v) is 2.89. The molecule has 2 rings (SSSR count). The molecule has 0 amide bonds. The second kappa shape index (κ2) is 10.6. The number of benzene rings is 2. The molecule has 2 aromatic rings. The summed E-state index contributed by atoms with van der Waals surface area (Å²) in [4.78, 5) is 24.5. The molecule has 5 nitrogen and oxygen atoms in total. The van der Waals surface area contributed by atoms with Crippen LogP contribution < -0.4 is 5.32 Å². The Morgan fingerprint density at radius 3 is 2.11 bits per heavy atom. The molecule has 2 aromatic carbocycles. The van der Waals surface area contributed by atoms with E-state index in [0.717, 1.165) is 6.42 Å². The van der Waals surface area contributed by atoms with Crippen LogP contribution in [0.4, 0.5) is 0 Å². The number of unbranched alkanes of at least 4 members (excludes halogenated alkanes) is 2. The minimum absolute atomic E-state index is 0.307. The summed E-state index contributed by atoms with van der Waals surface area (Å²) in [7, 11) is 0. The molecule has 0 radical (unpaired) electrons. The van der Waals surface area contributed by atoms with Crippen LogP contribution in [-0.4, -0.2) is 35.7 Å². The topological polar surface area (TPSA) is 75.6 Å². The number of ether oxygens (including phenoxy) is 1. The molecule has 0 fully saturated rings. The Morgan fingerprint density at radius 2 is 1.52 bits per heavy atom. The molecule has 0 aliphatic heterocycles. The van der Waals surface area contributed by atoms with Gasteiger partial charge in [0.15, 0.2) is 5.72 Å². The molecular weight excluding hydrogens is 342 g/mol. The Morgan fingerprint density at radius 1 is 0.926 bits per heavy atom. The van der Waals surface area contributed by atoms with Gasteiger partial charge in [0, 0.05) is 5.56 Å². The number of Topliss-reactive ketones (excluding diaryl/α,β-unsaturated/α-hetero) is 1. The predicted molar refractivity (Wildman–Crippen MR) is 105 cm³/mol. The van der Waals surface area contributed by atoms with Crippen molar-refractivity contribution in [3.63, 3.8) is 0 Å². The van der Waals surface area contributed by atoms with Gasteiger partial charge in [-0.05, 0) is 44.4 Å². The highest BCUT2D eigenvalue weighted by molar-refractivity contribution is 6.01. The molecule has 0 spiro atoms. The zero-order chi connectivity index (χ0) is 19.5. The third-order valence-corrected chi connectivity index (χ3v) is 4.31. The van der Waals surface area contributed by atoms with E-state index < -0.39 is 5.72 Å². The lowest BCUT2D eigenvalue weighted by Crippen LogP contribution is -2.52. The van der Waals surface area contributed by atoms with Crippen molar-refractivity contribution in [1.29, 1.82) is 0 Å². The van der Waals surface area contributed by atoms with Crippen LogP contribution in [0, 0.1) is 0 Å². The van der Waals surface area contributed by atoms with Crippen molar-refractivity contribution >= 4 is 11.8 Å². The van der Waals surface area contributed by atoms with Crippen LogP contribution in [0.15, 0.2) is 60.7 Å². The number of ketones is 1. The number of esters is 1. The highest BCUT2D eigenvalue weighted by Crippen LogP contribution is 2.18. The molecule has 0 aliphatic carbocycles. The van der Waals surface area contributed by atoms with Crippen molar-refractivity contribution in [2.24, 2.45) is 0 Å². The Labute approximate surface area is 160 Å². The Kier molecular flexibility index (Phi) is 8.17. The van der Waals surface area contributed by atoms with Crippen molar-refractivity contribution < 1.29 is 19.4 Å². The highest BCUT2D eigenvalue weighted by atomic mass is 16.5. The average molecular weight is 369 g/mol. The van der Waals surface area contributed by atoms with E-state index in [0.29, 0.717) is 43.5 Å². The third-order valence-electron chi connectivity index (χ3n) is 4.31. The smallest absolute Gasteiger partial charge is 0.338 e. The maximum atomic E-state index is 12.6. The highest BCUT2D eigenvalue weighted by Gasteiger charge is 2.34. The lowest BCUT2D eigenvalue weighted by Gasteiger charge is -2.27. The first-order valence-corrected chi connectivity index (χ1v) is 9.36. The number of aliphatic hydroxyl groups is 1. The number of carbonyl (C=O) groups excluding carboxylic acids is 2. The van der Waals surface area contributed by atoms with Crippen molar-refractivity contribution in [3.05, 3.63) is 71.8 Å². The van der Waals surface area contributed by atoms with Gasteiger partial charge < -0.3 is 9.84 Å². The summed E-state index contributed by atoms with van der Waals surface area (Å²) in [5, 5.41) is 13.7. The van der Waals surface area contributed by atoms with Crippen LogP contribution in [0.1, 0.15) is 53.3 Å². The van der Waals surface area contributed by atoms with E-state index in [2.05, 4.69) is 5.32 Å². The minimum Gasteiger partial charge on any atom is -0.462 e. The van der Waals surface area contributed by atoms with Gasteiger partial charge in [0.2, 0.25) is 5.78 Å². The number of hydrogen-bond acceptors (Lipinski definition) is 5. The van der Waals surface area contributed by atoms with Crippen LogP contribution in [0.2, 0.25) is 0 Å². The van der Waals surface area contributed by atoms with Crippen LogP contribution >= 0.6 is 0 Å². The average Bonchev–Trinajstić information content (AvgIpc) is 2.71. The second-order valence-corrected chi connectivity index (χ2v) is 6.40. The quantitative estimate of drug-likeness (QED) is 0.274. The lowest BCUT2D eigenvalue weighted by molar-refractivity contribution is 0.00651. The Balaban J connectivity index is 1.76. The molecule has 0 bridgehead atoms. The molecule has 0 heterocycles. The van der Waals surface area contributed by atoms with Gasteiger partial charge in [0.05, 0.1) is 12.2 Å². The first kappa shape index (κ1) is 20.8.